The van der Waals surface area contributed by atoms with Gasteiger partial charge in [0.15, 0.2) is 0 Å². The lowest BCUT2D eigenvalue weighted by Crippen LogP contribution is -1.97. The van der Waals surface area contributed by atoms with E-state index in [1.807, 2.05) is 0 Å². The molecule has 0 aromatic heterocycles. The summed E-state index contributed by atoms with van der Waals surface area (Å²) in [5.41, 5.74) is 3.89. The van der Waals surface area contributed by atoms with Crippen molar-refractivity contribution in [3.05, 3.63) is 34.9 Å². The Morgan fingerprint density at radius 2 is 1.69 bits per heavy atom. The number of nitriles is 1. The van der Waals surface area contributed by atoms with Gasteiger partial charge in [-0.05, 0) is 29.5 Å². The number of rotatable bonds is 3. The summed E-state index contributed by atoms with van der Waals surface area (Å²) < 4.78 is 0. The fourth-order valence-electron chi connectivity index (χ4n) is 1.66. The Bertz CT molecular complexity index is 298. The van der Waals surface area contributed by atoms with Crippen LogP contribution in [0.2, 0.25) is 0 Å². The fraction of sp³-hybridized carbons (Fsp3) is 0.417. The molecule has 0 saturated carbocycles. The second-order valence-corrected chi connectivity index (χ2v) is 3.10. The highest BCUT2D eigenvalue weighted by Crippen LogP contribution is 2.16. The first-order valence-electron chi connectivity index (χ1n) is 4.80. The van der Waals surface area contributed by atoms with E-state index in [1.54, 1.807) is 0 Å². The Morgan fingerprint density at radius 1 is 1.15 bits per heavy atom. The molecule has 0 radical (unpaired) electrons. The lowest BCUT2D eigenvalue weighted by Gasteiger charge is -2.09. The first-order valence-corrected chi connectivity index (χ1v) is 4.80. The minimum atomic E-state index is 0.549. The Kier molecular flexibility index (Phi) is 3.52. The largest absolute Gasteiger partial charge is 0.198 e. The van der Waals surface area contributed by atoms with Crippen LogP contribution in [0.1, 0.15) is 30.5 Å². The molecule has 0 bridgehead atoms. The van der Waals surface area contributed by atoms with Crippen LogP contribution in [0.4, 0.5) is 0 Å². The van der Waals surface area contributed by atoms with Crippen molar-refractivity contribution >= 4 is 0 Å². The molecule has 0 aliphatic rings. The third kappa shape index (κ3) is 2.09. The van der Waals surface area contributed by atoms with Crippen LogP contribution in [0.3, 0.4) is 0 Å². The highest BCUT2D eigenvalue weighted by Gasteiger charge is 2.04. The molecule has 0 fully saturated rings. The van der Waals surface area contributed by atoms with Gasteiger partial charge in [0.25, 0.3) is 0 Å². The van der Waals surface area contributed by atoms with Gasteiger partial charge in [0.1, 0.15) is 0 Å². The zero-order valence-electron chi connectivity index (χ0n) is 8.30. The summed E-state index contributed by atoms with van der Waals surface area (Å²) in [5.74, 6) is 0. The summed E-state index contributed by atoms with van der Waals surface area (Å²) in [4.78, 5) is 0. The molecule has 1 aromatic carbocycles. The molecule has 0 atom stereocenters. The molecule has 68 valence electrons. The minimum absolute atomic E-state index is 0.549. The molecule has 0 unspecified atom stereocenters. The third-order valence-corrected chi connectivity index (χ3v) is 2.39. The Morgan fingerprint density at radius 3 is 2.08 bits per heavy atom. The summed E-state index contributed by atoms with van der Waals surface area (Å²) in [5, 5.41) is 8.71. The van der Waals surface area contributed by atoms with Crippen LogP contribution in [0.5, 0.6) is 0 Å². The molecule has 0 spiro atoms. The van der Waals surface area contributed by atoms with E-state index < -0.39 is 0 Å². The molecule has 1 aromatic rings. The number of nitrogens with zero attached hydrogens (tertiary/aromatic N) is 1. The summed E-state index contributed by atoms with van der Waals surface area (Å²) in [6, 6.07) is 8.55. The monoisotopic (exact) mass is 173 g/mol. The second kappa shape index (κ2) is 4.67. The smallest absolute Gasteiger partial charge is 0.0669 e. The lowest BCUT2D eigenvalue weighted by molar-refractivity contribution is 1.02. The van der Waals surface area contributed by atoms with E-state index in [-0.39, 0.29) is 0 Å². The standard InChI is InChI=1S/C12H15N/c1-3-10-6-5-7-11(4-2)12(10)8-9-13/h5-7H,3-4,8H2,1-2H3. The number of hydrogen-bond donors (Lipinski definition) is 0. The van der Waals surface area contributed by atoms with E-state index in [0.29, 0.717) is 6.42 Å². The van der Waals surface area contributed by atoms with Gasteiger partial charge in [0, 0.05) is 0 Å². The van der Waals surface area contributed by atoms with E-state index in [2.05, 4.69) is 38.1 Å². The Hall–Kier alpha value is -1.29. The number of aryl methyl sites for hydroxylation is 2. The van der Waals surface area contributed by atoms with Crippen molar-refractivity contribution < 1.29 is 0 Å². The molecule has 0 amide bonds. The number of hydrogen-bond acceptors (Lipinski definition) is 1. The predicted molar refractivity (Wildman–Crippen MR) is 54.5 cm³/mol. The molecule has 0 heterocycles. The molecule has 0 aliphatic heterocycles. The number of benzene rings is 1. The van der Waals surface area contributed by atoms with Gasteiger partial charge in [0.05, 0.1) is 12.5 Å². The van der Waals surface area contributed by atoms with Gasteiger partial charge in [-0.3, -0.25) is 0 Å². The first kappa shape index (κ1) is 9.80. The van der Waals surface area contributed by atoms with E-state index in [0.717, 1.165) is 12.8 Å². The van der Waals surface area contributed by atoms with Gasteiger partial charge in [0.2, 0.25) is 0 Å². The Balaban J connectivity index is 3.14. The van der Waals surface area contributed by atoms with E-state index in [1.165, 1.54) is 16.7 Å². The molecular formula is C12H15N. The highest BCUT2D eigenvalue weighted by atomic mass is 14.2. The van der Waals surface area contributed by atoms with Crippen molar-refractivity contribution in [3.8, 4) is 6.07 Å². The van der Waals surface area contributed by atoms with Crippen molar-refractivity contribution in [3.63, 3.8) is 0 Å². The molecule has 13 heavy (non-hydrogen) atoms. The molecule has 0 aliphatic carbocycles. The van der Waals surface area contributed by atoms with Crippen molar-refractivity contribution in [1.29, 1.82) is 5.26 Å². The average molecular weight is 173 g/mol. The molecule has 0 N–H and O–H groups in total. The van der Waals surface area contributed by atoms with Crippen LogP contribution in [-0.2, 0) is 19.3 Å². The minimum Gasteiger partial charge on any atom is -0.198 e. The average Bonchev–Trinajstić information content (AvgIpc) is 2.18. The van der Waals surface area contributed by atoms with Gasteiger partial charge in [-0.2, -0.15) is 5.26 Å². The maximum Gasteiger partial charge on any atom is 0.0669 e. The van der Waals surface area contributed by atoms with Crippen molar-refractivity contribution in [2.24, 2.45) is 0 Å². The van der Waals surface area contributed by atoms with Gasteiger partial charge in [-0.1, -0.05) is 32.0 Å². The zero-order chi connectivity index (χ0) is 9.68. The fourth-order valence-corrected chi connectivity index (χ4v) is 1.66. The predicted octanol–water partition coefficient (Wildman–Crippen LogP) is 2.88. The quantitative estimate of drug-likeness (QED) is 0.689. The highest BCUT2D eigenvalue weighted by molar-refractivity contribution is 5.37. The van der Waals surface area contributed by atoms with Crippen molar-refractivity contribution in [1.82, 2.24) is 0 Å². The van der Waals surface area contributed by atoms with Crippen molar-refractivity contribution in [2.45, 2.75) is 33.1 Å². The Labute approximate surface area is 80.0 Å². The van der Waals surface area contributed by atoms with Crippen LogP contribution in [-0.4, -0.2) is 0 Å². The maximum atomic E-state index is 8.71. The van der Waals surface area contributed by atoms with E-state index in [9.17, 15) is 0 Å². The summed E-state index contributed by atoms with van der Waals surface area (Å²) in [7, 11) is 0. The van der Waals surface area contributed by atoms with Gasteiger partial charge >= 0.3 is 0 Å². The third-order valence-electron chi connectivity index (χ3n) is 2.39. The molecule has 1 heteroatoms. The van der Waals surface area contributed by atoms with Crippen LogP contribution in [0, 0.1) is 11.3 Å². The topological polar surface area (TPSA) is 23.8 Å². The summed E-state index contributed by atoms with van der Waals surface area (Å²) in [6.45, 7) is 4.27. The van der Waals surface area contributed by atoms with Crippen LogP contribution in [0.25, 0.3) is 0 Å². The SMILES string of the molecule is CCc1cccc(CC)c1CC#N. The molecule has 1 nitrogen and oxygen atoms in total. The normalized spacial score (nSPS) is 9.62. The zero-order valence-corrected chi connectivity index (χ0v) is 8.30. The van der Waals surface area contributed by atoms with Gasteiger partial charge in [-0.25, -0.2) is 0 Å². The molecule has 0 saturated heterocycles. The molecular weight excluding hydrogens is 158 g/mol. The summed E-state index contributed by atoms with van der Waals surface area (Å²) >= 11 is 0. The summed E-state index contributed by atoms with van der Waals surface area (Å²) in [6.07, 6.45) is 2.59. The van der Waals surface area contributed by atoms with Crippen LogP contribution < -0.4 is 0 Å². The van der Waals surface area contributed by atoms with Gasteiger partial charge < -0.3 is 0 Å². The van der Waals surface area contributed by atoms with E-state index >= 15 is 0 Å². The molecule has 1 rings (SSSR count). The second-order valence-electron chi connectivity index (χ2n) is 3.10. The van der Waals surface area contributed by atoms with E-state index in [4.69, 9.17) is 5.26 Å². The maximum absolute atomic E-state index is 8.71. The van der Waals surface area contributed by atoms with Crippen LogP contribution >= 0.6 is 0 Å². The first-order chi connectivity index (χ1) is 6.33. The van der Waals surface area contributed by atoms with Gasteiger partial charge in [-0.15, -0.1) is 0 Å². The van der Waals surface area contributed by atoms with Crippen LogP contribution in [0.15, 0.2) is 18.2 Å². The van der Waals surface area contributed by atoms with Crippen molar-refractivity contribution in [2.75, 3.05) is 0 Å². The lowest BCUT2D eigenvalue weighted by atomic mass is 9.96.